The molecule has 0 atom stereocenters. The highest BCUT2D eigenvalue weighted by molar-refractivity contribution is 7.23. The zero-order valence-electron chi connectivity index (χ0n) is 54.1. The Morgan fingerprint density at radius 1 is 0.303 bits per heavy atom. The predicted molar refractivity (Wildman–Crippen MR) is 388 cm³/mol. The lowest BCUT2D eigenvalue weighted by Gasteiger charge is -2.52. The van der Waals surface area contributed by atoms with Crippen LogP contribution in [0.25, 0.3) is 22.3 Å². The average molecular weight is 1170 g/mol. The molecule has 89 heavy (non-hydrogen) atoms. The summed E-state index contributed by atoms with van der Waals surface area (Å²) in [5.41, 5.74) is 31.2. The van der Waals surface area contributed by atoms with E-state index in [0.717, 1.165) is 5.69 Å². The number of anilines is 3. The molecule has 4 heterocycles. The van der Waals surface area contributed by atoms with Gasteiger partial charge in [0.25, 0.3) is 0 Å². The maximum atomic E-state index is 2.62. The Bertz CT molecular complexity index is 4410. The second kappa shape index (κ2) is 21.7. The van der Waals surface area contributed by atoms with E-state index in [-0.39, 0.29) is 13.4 Å². The smallest absolute Gasteiger partial charge is 0.240 e. The minimum atomic E-state index is -2.80. The molecular formula is C85H81B2NSi. The summed E-state index contributed by atoms with van der Waals surface area (Å²) in [6.45, 7) is 28.9. The molecule has 4 heteroatoms. The summed E-state index contributed by atoms with van der Waals surface area (Å²) in [5.74, 6) is 2.27. The van der Waals surface area contributed by atoms with Crippen molar-refractivity contribution in [1.82, 2.24) is 0 Å². The Morgan fingerprint density at radius 3 is 1.08 bits per heavy atom. The highest BCUT2D eigenvalue weighted by Gasteiger charge is 2.60. The number of hydrogen-bond donors (Lipinski definition) is 0. The molecule has 0 N–H and O–H groups in total. The van der Waals surface area contributed by atoms with Crippen molar-refractivity contribution in [3.8, 4) is 22.3 Å². The molecule has 0 aromatic heterocycles. The summed E-state index contributed by atoms with van der Waals surface area (Å²) in [5, 5.41) is 5.96. The Balaban J connectivity index is 0.917. The van der Waals surface area contributed by atoms with Gasteiger partial charge in [-0.2, -0.15) is 0 Å². The molecule has 4 aliphatic heterocycles. The largest absolute Gasteiger partial charge is 0.310 e. The zero-order valence-corrected chi connectivity index (χ0v) is 55.1. The molecule has 0 fully saturated rings. The fourth-order valence-corrected chi connectivity index (χ4v) is 23.0. The van der Waals surface area contributed by atoms with E-state index in [1.165, 1.54) is 143 Å². The number of rotatable bonds is 10. The fraction of sp³-hybridized carbons (Fsp3) is 0.224. The van der Waals surface area contributed by atoms with Gasteiger partial charge in [-0.3, -0.25) is 0 Å². The van der Waals surface area contributed by atoms with Crippen molar-refractivity contribution in [2.75, 3.05) is 4.90 Å². The van der Waals surface area contributed by atoms with Crippen molar-refractivity contribution in [2.24, 2.45) is 0 Å². The number of fused-ring (bicyclic) bond motifs is 17. The van der Waals surface area contributed by atoms with Crippen LogP contribution in [0.3, 0.4) is 0 Å². The van der Waals surface area contributed by atoms with Gasteiger partial charge in [0.2, 0.25) is 13.4 Å². The molecular weight excluding hydrogens is 1080 g/mol. The number of para-hydroxylation sites is 2. The van der Waals surface area contributed by atoms with Crippen molar-refractivity contribution in [1.29, 1.82) is 0 Å². The molecule has 1 nitrogen and oxygen atoms in total. The van der Waals surface area contributed by atoms with Crippen molar-refractivity contribution in [3.63, 3.8) is 0 Å². The summed E-state index contributed by atoms with van der Waals surface area (Å²) >= 11 is 0. The summed E-state index contributed by atoms with van der Waals surface area (Å²) in [6.07, 6.45) is 0. The maximum absolute atomic E-state index is 2.80. The van der Waals surface area contributed by atoms with Gasteiger partial charge in [-0.15, -0.1) is 0 Å². The van der Waals surface area contributed by atoms with E-state index in [4.69, 9.17) is 0 Å². The lowest BCUT2D eigenvalue weighted by Crippen LogP contribution is -2.78. The Hall–Kier alpha value is -8.43. The Morgan fingerprint density at radius 2 is 0.652 bits per heavy atom. The molecule has 0 amide bonds. The normalized spacial score (nSPS) is 14.6. The molecule has 11 aromatic carbocycles. The van der Waals surface area contributed by atoms with Gasteiger partial charge in [-0.1, -0.05) is 328 Å². The average Bonchev–Trinajstić information content (AvgIpc) is 1.64. The van der Waals surface area contributed by atoms with Crippen molar-refractivity contribution in [3.05, 3.63) is 292 Å². The van der Waals surface area contributed by atoms with E-state index in [1.54, 1.807) is 0 Å². The molecule has 0 bridgehead atoms. The van der Waals surface area contributed by atoms with Gasteiger partial charge >= 0.3 is 0 Å². The molecule has 4 aliphatic rings. The van der Waals surface area contributed by atoms with E-state index in [1.807, 2.05) is 0 Å². The summed E-state index contributed by atoms with van der Waals surface area (Å²) < 4.78 is 0. The SMILES string of the molecule is CC(C)c1cc(C(C)C)c(B2c3ccccc3B(c3c(C(C)C)cc(C(C)C)cc3C(C)C)c3cc(-c4ccc(N5c6ccccc6C6(c7ccccc75)c5ccccc5[Si]5(c7ccccc7-c7ccccc75)c5ccccc56)cc4)ccc32)c(C(C)C)c1. The van der Waals surface area contributed by atoms with E-state index >= 15 is 0 Å². The molecule has 0 unspecified atom stereocenters. The molecule has 0 saturated heterocycles. The fourth-order valence-electron chi connectivity index (χ4n) is 17.2. The van der Waals surface area contributed by atoms with Gasteiger partial charge in [-0.05, 0) is 158 Å². The molecule has 436 valence electrons. The van der Waals surface area contributed by atoms with Crippen LogP contribution in [0, 0.1) is 0 Å². The van der Waals surface area contributed by atoms with Crippen LogP contribution in [-0.4, -0.2) is 21.5 Å². The van der Waals surface area contributed by atoms with Crippen LogP contribution in [0.1, 0.15) is 174 Å². The third kappa shape index (κ3) is 8.34. The molecule has 15 rings (SSSR count). The number of nitrogens with zero attached hydrogens (tertiary/aromatic N) is 1. The molecule has 0 saturated carbocycles. The highest BCUT2D eigenvalue weighted by atomic mass is 28.3. The number of benzene rings is 11. The predicted octanol–water partition coefficient (Wildman–Crippen LogP) is 15.3. The van der Waals surface area contributed by atoms with Gasteiger partial charge in [0, 0.05) is 5.69 Å². The zero-order chi connectivity index (χ0) is 61.4. The van der Waals surface area contributed by atoms with Crippen LogP contribution in [0.2, 0.25) is 0 Å². The van der Waals surface area contributed by atoms with Crippen molar-refractivity contribution in [2.45, 2.75) is 124 Å². The van der Waals surface area contributed by atoms with Gasteiger partial charge in [0.05, 0.1) is 16.8 Å². The van der Waals surface area contributed by atoms with E-state index in [0.29, 0.717) is 35.5 Å². The molecule has 0 aliphatic carbocycles. The number of hydrogen-bond acceptors (Lipinski definition) is 1. The lowest BCUT2D eigenvalue weighted by atomic mass is 9.20. The summed E-state index contributed by atoms with van der Waals surface area (Å²) in [6, 6.07) is 93.6. The van der Waals surface area contributed by atoms with Gasteiger partial charge < -0.3 is 4.90 Å². The first-order chi connectivity index (χ1) is 43.2. The van der Waals surface area contributed by atoms with Crippen molar-refractivity contribution < 1.29 is 0 Å². The monoisotopic (exact) mass is 1170 g/mol. The van der Waals surface area contributed by atoms with Gasteiger partial charge in [0.15, 0.2) is 8.07 Å². The molecule has 11 aromatic rings. The topological polar surface area (TPSA) is 3.24 Å². The van der Waals surface area contributed by atoms with Gasteiger partial charge in [0.1, 0.15) is 0 Å². The summed E-state index contributed by atoms with van der Waals surface area (Å²) in [7, 11) is -2.80. The van der Waals surface area contributed by atoms with E-state index < -0.39 is 13.5 Å². The minimum absolute atomic E-state index is 0.0482. The quantitative estimate of drug-likeness (QED) is 0.123. The van der Waals surface area contributed by atoms with Crippen LogP contribution in [-0.2, 0) is 5.41 Å². The van der Waals surface area contributed by atoms with Crippen LogP contribution in [0.4, 0.5) is 17.1 Å². The second-order valence-electron chi connectivity index (χ2n) is 28.1. The first-order valence-corrected chi connectivity index (χ1v) is 35.2. The van der Waals surface area contributed by atoms with E-state index in [2.05, 4.69) is 325 Å². The highest BCUT2D eigenvalue weighted by Crippen LogP contribution is 2.59. The van der Waals surface area contributed by atoms with Crippen LogP contribution in [0.5, 0.6) is 0 Å². The van der Waals surface area contributed by atoms with Gasteiger partial charge in [-0.25, -0.2) is 0 Å². The first-order valence-electron chi connectivity index (χ1n) is 33.2. The maximum Gasteiger partial charge on any atom is 0.240 e. The second-order valence-corrected chi connectivity index (χ2v) is 31.7. The van der Waals surface area contributed by atoms with Crippen molar-refractivity contribution >= 4 is 92.1 Å². The van der Waals surface area contributed by atoms with E-state index in [9.17, 15) is 0 Å². The standard InChI is InChI=1S/C85H81B2NSi/c1-52(2)60-47-65(54(5)6)83(66(48-60)55(7)8)86-73-33-19-20-34-74(73)87(84-67(56(9)10)49-61(53(3)4)50-68(84)57(11)12)76-51-59(43-46-75(76)86)58-41-44-62(45-42-58)88-77-35-21-15-29-69(77)85(70-30-16-22-36-78(70)88)71-31-17-25-39-81(71)89(82-40-26-18-32-72(82)85)79-37-23-13-27-63(79)64-28-14-24-38-80(64)89/h13-57H,1-12H3. The third-order valence-electron chi connectivity index (χ3n) is 21.2. The lowest BCUT2D eigenvalue weighted by molar-refractivity contribution is 0.736. The Labute approximate surface area is 532 Å². The summed E-state index contributed by atoms with van der Waals surface area (Å²) in [4.78, 5) is 2.56. The van der Waals surface area contributed by atoms with Crippen LogP contribution >= 0.6 is 0 Å². The molecule has 2 spiro atoms. The Kier molecular flexibility index (Phi) is 13.9. The van der Waals surface area contributed by atoms with Crippen LogP contribution < -0.4 is 58.4 Å². The minimum Gasteiger partial charge on any atom is -0.310 e. The third-order valence-corrected chi connectivity index (χ3v) is 26.2. The van der Waals surface area contributed by atoms with Crippen LogP contribution in [0.15, 0.2) is 237 Å². The first kappa shape index (κ1) is 57.0. The molecule has 0 radical (unpaired) electrons.